The lowest BCUT2D eigenvalue weighted by Crippen LogP contribution is -2.48. The fourth-order valence-corrected chi connectivity index (χ4v) is 4.44. The third-order valence-electron chi connectivity index (χ3n) is 6.21. The molecule has 1 saturated heterocycles. The minimum Gasteiger partial charge on any atom is -0.496 e. The number of nitrogens with zero attached hydrogens (tertiary/aromatic N) is 2. The summed E-state index contributed by atoms with van der Waals surface area (Å²) in [6.07, 6.45) is 0. The van der Waals surface area contributed by atoms with Crippen molar-refractivity contribution in [2.45, 2.75) is 27.0 Å². The Morgan fingerprint density at radius 2 is 1.74 bits per heavy atom. The van der Waals surface area contributed by atoms with E-state index in [0.717, 1.165) is 47.1 Å². The molecule has 0 atom stereocenters. The van der Waals surface area contributed by atoms with Crippen LogP contribution < -0.4 is 9.47 Å². The number of amides is 1. The molecule has 0 radical (unpaired) electrons. The number of halogens is 1. The number of carbonyl (C=O) groups excluding carboxylic acids is 1. The number of hydrogen-bond donors (Lipinski definition) is 0. The zero-order valence-electron chi connectivity index (χ0n) is 20.0. The van der Waals surface area contributed by atoms with Crippen LogP contribution in [0.1, 0.15) is 32.6 Å². The van der Waals surface area contributed by atoms with Crippen LogP contribution >= 0.6 is 11.6 Å². The zero-order chi connectivity index (χ0) is 24.1. The Hall–Kier alpha value is -3.02. The van der Waals surface area contributed by atoms with E-state index >= 15 is 0 Å². The molecule has 0 unspecified atom stereocenters. The molecule has 0 N–H and O–H groups in total. The van der Waals surface area contributed by atoms with Gasteiger partial charge in [-0.3, -0.25) is 9.69 Å². The quantitative estimate of drug-likeness (QED) is 0.449. The third-order valence-corrected chi connectivity index (χ3v) is 6.44. The fourth-order valence-electron chi connectivity index (χ4n) is 4.23. The molecule has 0 aliphatic carbocycles. The van der Waals surface area contributed by atoms with Crippen LogP contribution in [0.4, 0.5) is 0 Å². The number of benzene rings is 3. The van der Waals surface area contributed by atoms with Crippen LogP contribution in [-0.4, -0.2) is 49.0 Å². The molecule has 4 rings (SSSR count). The lowest BCUT2D eigenvalue weighted by molar-refractivity contribution is 0.0628. The molecule has 0 saturated carbocycles. The van der Waals surface area contributed by atoms with Crippen molar-refractivity contribution in [3.63, 3.8) is 0 Å². The van der Waals surface area contributed by atoms with E-state index in [0.29, 0.717) is 31.0 Å². The van der Waals surface area contributed by atoms with Crippen LogP contribution in [0, 0.1) is 13.8 Å². The molecular formula is C28H31ClN2O3. The summed E-state index contributed by atoms with van der Waals surface area (Å²) in [5.41, 5.74) is 4.92. The van der Waals surface area contributed by atoms with Gasteiger partial charge in [-0.25, -0.2) is 0 Å². The first-order valence-corrected chi connectivity index (χ1v) is 11.9. The van der Waals surface area contributed by atoms with Gasteiger partial charge < -0.3 is 14.4 Å². The maximum atomic E-state index is 13.2. The van der Waals surface area contributed by atoms with Gasteiger partial charge in [0.1, 0.15) is 18.1 Å². The van der Waals surface area contributed by atoms with Gasteiger partial charge in [0, 0.05) is 48.9 Å². The van der Waals surface area contributed by atoms with Gasteiger partial charge in [-0.05, 0) is 66.9 Å². The highest BCUT2D eigenvalue weighted by atomic mass is 35.5. The summed E-state index contributed by atoms with van der Waals surface area (Å²) in [6.45, 7) is 8.29. The first-order chi connectivity index (χ1) is 16.4. The summed E-state index contributed by atoms with van der Waals surface area (Å²) in [7, 11) is 1.64. The van der Waals surface area contributed by atoms with Crippen molar-refractivity contribution in [1.29, 1.82) is 0 Å². The maximum absolute atomic E-state index is 13.2. The molecule has 6 heteroatoms. The minimum absolute atomic E-state index is 0.0399. The van der Waals surface area contributed by atoms with Crippen LogP contribution in [0.25, 0.3) is 0 Å². The van der Waals surface area contributed by atoms with E-state index in [1.54, 1.807) is 7.11 Å². The summed E-state index contributed by atoms with van der Waals surface area (Å²) < 4.78 is 11.6. The Balaban J connectivity index is 1.39. The highest BCUT2D eigenvalue weighted by Crippen LogP contribution is 2.25. The molecule has 0 bridgehead atoms. The van der Waals surface area contributed by atoms with E-state index < -0.39 is 0 Å². The molecule has 1 heterocycles. The molecular weight excluding hydrogens is 448 g/mol. The van der Waals surface area contributed by atoms with Crippen LogP contribution in [-0.2, 0) is 13.2 Å². The molecule has 34 heavy (non-hydrogen) atoms. The van der Waals surface area contributed by atoms with Gasteiger partial charge in [-0.2, -0.15) is 0 Å². The van der Waals surface area contributed by atoms with Crippen molar-refractivity contribution >= 4 is 17.5 Å². The largest absolute Gasteiger partial charge is 0.496 e. The summed E-state index contributed by atoms with van der Waals surface area (Å²) >= 11 is 6.11. The molecule has 1 aliphatic rings. The number of hydrogen-bond acceptors (Lipinski definition) is 4. The van der Waals surface area contributed by atoms with E-state index in [9.17, 15) is 4.79 Å². The Labute approximate surface area is 206 Å². The number of aryl methyl sites for hydroxylation is 2. The molecule has 0 spiro atoms. The minimum atomic E-state index is 0.0399. The van der Waals surface area contributed by atoms with Gasteiger partial charge in [0.15, 0.2) is 0 Å². The summed E-state index contributed by atoms with van der Waals surface area (Å²) in [4.78, 5) is 17.5. The number of ether oxygens (including phenoxy) is 2. The van der Waals surface area contributed by atoms with Gasteiger partial charge in [0.25, 0.3) is 5.91 Å². The van der Waals surface area contributed by atoms with Gasteiger partial charge in [0.2, 0.25) is 0 Å². The van der Waals surface area contributed by atoms with Crippen molar-refractivity contribution in [3.8, 4) is 11.5 Å². The monoisotopic (exact) mass is 478 g/mol. The molecule has 5 nitrogen and oxygen atoms in total. The predicted molar refractivity (Wildman–Crippen MR) is 136 cm³/mol. The van der Waals surface area contributed by atoms with Crippen LogP contribution in [0.5, 0.6) is 11.5 Å². The number of rotatable bonds is 7. The number of methoxy groups -OCH3 is 1. The first-order valence-electron chi connectivity index (χ1n) is 11.6. The van der Waals surface area contributed by atoms with E-state index in [-0.39, 0.29) is 5.91 Å². The maximum Gasteiger partial charge on any atom is 0.253 e. The second-order valence-corrected chi connectivity index (χ2v) is 9.22. The van der Waals surface area contributed by atoms with Crippen molar-refractivity contribution in [3.05, 3.63) is 93.5 Å². The SMILES string of the molecule is COc1ccc(C(=O)N2CCN(Cc3cccc(Cl)c3)CC2)cc1COc1cc(C)ccc1C. The number of piperazine rings is 1. The van der Waals surface area contributed by atoms with E-state index in [1.165, 1.54) is 5.56 Å². The highest BCUT2D eigenvalue weighted by molar-refractivity contribution is 6.30. The third kappa shape index (κ3) is 5.91. The van der Waals surface area contributed by atoms with Crippen molar-refractivity contribution < 1.29 is 14.3 Å². The van der Waals surface area contributed by atoms with Crippen LogP contribution in [0.15, 0.2) is 60.7 Å². The highest BCUT2D eigenvalue weighted by Gasteiger charge is 2.23. The van der Waals surface area contributed by atoms with Crippen molar-refractivity contribution in [1.82, 2.24) is 9.80 Å². The number of carbonyl (C=O) groups is 1. The van der Waals surface area contributed by atoms with Gasteiger partial charge in [0.05, 0.1) is 7.11 Å². The lowest BCUT2D eigenvalue weighted by atomic mass is 10.1. The van der Waals surface area contributed by atoms with Crippen LogP contribution in [0.3, 0.4) is 0 Å². The molecule has 1 amide bonds. The predicted octanol–water partition coefficient (Wildman–Crippen LogP) is 5.50. The summed E-state index contributed by atoms with van der Waals surface area (Å²) in [6, 6.07) is 19.7. The zero-order valence-corrected chi connectivity index (χ0v) is 20.8. The molecule has 1 fully saturated rings. The van der Waals surface area contributed by atoms with Crippen LogP contribution in [0.2, 0.25) is 5.02 Å². The standard InChI is InChI=1S/C28H31ClN2O3/c1-20-7-8-21(2)27(15-20)34-19-24-17-23(9-10-26(24)33-3)28(32)31-13-11-30(12-14-31)18-22-5-4-6-25(29)16-22/h4-10,15-17H,11-14,18-19H2,1-3H3. The fraction of sp³-hybridized carbons (Fsp3) is 0.321. The van der Waals surface area contributed by atoms with Crippen molar-refractivity contribution in [2.24, 2.45) is 0 Å². The Morgan fingerprint density at radius 1 is 0.941 bits per heavy atom. The topological polar surface area (TPSA) is 42.0 Å². The van der Waals surface area contributed by atoms with E-state index in [1.807, 2.05) is 67.3 Å². The second kappa shape index (κ2) is 10.9. The smallest absolute Gasteiger partial charge is 0.253 e. The van der Waals surface area contributed by atoms with E-state index in [4.69, 9.17) is 21.1 Å². The second-order valence-electron chi connectivity index (χ2n) is 8.78. The Bertz CT molecular complexity index is 1160. The average molecular weight is 479 g/mol. The van der Waals surface area contributed by atoms with Gasteiger partial charge in [-0.1, -0.05) is 35.9 Å². The van der Waals surface area contributed by atoms with Gasteiger partial charge >= 0.3 is 0 Å². The average Bonchev–Trinajstić information content (AvgIpc) is 2.84. The Morgan fingerprint density at radius 3 is 2.47 bits per heavy atom. The molecule has 178 valence electrons. The molecule has 0 aromatic heterocycles. The normalized spacial score (nSPS) is 14.2. The summed E-state index contributed by atoms with van der Waals surface area (Å²) in [5, 5.41) is 0.753. The molecule has 1 aliphatic heterocycles. The first kappa shape index (κ1) is 24.1. The van der Waals surface area contributed by atoms with Gasteiger partial charge in [-0.15, -0.1) is 0 Å². The molecule has 3 aromatic rings. The lowest BCUT2D eigenvalue weighted by Gasteiger charge is -2.35. The molecule has 3 aromatic carbocycles. The van der Waals surface area contributed by atoms with E-state index in [2.05, 4.69) is 17.0 Å². The van der Waals surface area contributed by atoms with Crippen molar-refractivity contribution in [2.75, 3.05) is 33.3 Å². The Kier molecular flexibility index (Phi) is 7.76. The summed E-state index contributed by atoms with van der Waals surface area (Å²) in [5.74, 6) is 1.60.